The molecule has 1 heterocycles. The monoisotopic (exact) mass is 436 g/mol. The van der Waals surface area contributed by atoms with E-state index in [9.17, 15) is 9.59 Å². The van der Waals surface area contributed by atoms with Gasteiger partial charge in [-0.15, -0.1) is 0 Å². The minimum Gasteiger partial charge on any atom is -0.486 e. The lowest BCUT2D eigenvalue weighted by atomic mass is 9.98. The Morgan fingerprint density at radius 1 is 0.871 bits per heavy atom. The number of fused-ring (bicyclic) bond motifs is 1. The summed E-state index contributed by atoms with van der Waals surface area (Å²) >= 11 is 6.24. The highest BCUT2D eigenvalue weighted by molar-refractivity contribution is 6.41. The lowest BCUT2D eigenvalue weighted by molar-refractivity contribution is -0.136. The summed E-state index contributed by atoms with van der Waals surface area (Å²) in [5.74, 6) is -0.637. The van der Waals surface area contributed by atoms with Crippen LogP contribution in [0.5, 0.6) is 11.5 Å². The molecule has 7 heteroatoms. The molecule has 6 nitrogen and oxygen atoms in total. The topological polar surface area (TPSA) is 76.7 Å². The fourth-order valence-electron chi connectivity index (χ4n) is 3.30. The molecule has 0 saturated carbocycles. The molecule has 0 saturated heterocycles. The molecule has 4 rings (SSSR count). The standard InChI is InChI=1S/C24H21ClN2O4/c1-15-7-9-17(10-8-15)22(16-5-3-2-4-6-16)27-24(29)23(28)26-19-14-21-20(13-18(19)25)30-11-12-31-21/h2-10,13-14,22H,11-12H2,1H3,(H,26,28)(H,27,29). The van der Waals surface area contributed by atoms with Gasteiger partial charge in [-0.1, -0.05) is 71.8 Å². The van der Waals surface area contributed by atoms with Crippen molar-refractivity contribution >= 4 is 29.1 Å². The molecule has 0 aliphatic carbocycles. The zero-order chi connectivity index (χ0) is 21.8. The van der Waals surface area contributed by atoms with Crippen LogP contribution < -0.4 is 20.1 Å². The highest BCUT2D eigenvalue weighted by Crippen LogP contribution is 2.38. The van der Waals surface area contributed by atoms with E-state index in [4.69, 9.17) is 21.1 Å². The predicted octanol–water partition coefficient (Wildman–Crippen LogP) is 4.26. The molecule has 1 aliphatic rings. The third-order valence-electron chi connectivity index (χ3n) is 4.91. The number of nitrogens with one attached hydrogen (secondary N) is 2. The van der Waals surface area contributed by atoms with Crippen LogP contribution in [0.25, 0.3) is 0 Å². The molecular weight excluding hydrogens is 416 g/mol. The molecule has 1 aliphatic heterocycles. The van der Waals surface area contributed by atoms with Crippen molar-refractivity contribution in [2.24, 2.45) is 0 Å². The van der Waals surface area contributed by atoms with Crippen molar-refractivity contribution in [2.75, 3.05) is 18.5 Å². The molecule has 0 aromatic heterocycles. The Morgan fingerprint density at radius 3 is 2.16 bits per heavy atom. The number of halogens is 1. The summed E-state index contributed by atoms with van der Waals surface area (Å²) in [6, 6.07) is 19.9. The Kier molecular flexibility index (Phi) is 6.09. The molecule has 2 amide bonds. The van der Waals surface area contributed by atoms with Crippen molar-refractivity contribution in [1.29, 1.82) is 0 Å². The first-order valence-corrected chi connectivity index (χ1v) is 10.2. The summed E-state index contributed by atoms with van der Waals surface area (Å²) in [7, 11) is 0. The van der Waals surface area contributed by atoms with Gasteiger partial charge in [0.25, 0.3) is 0 Å². The number of carbonyl (C=O) groups excluding carboxylic acids is 2. The van der Waals surface area contributed by atoms with E-state index in [1.54, 1.807) is 12.1 Å². The van der Waals surface area contributed by atoms with Gasteiger partial charge in [0, 0.05) is 12.1 Å². The maximum Gasteiger partial charge on any atom is 0.313 e. The van der Waals surface area contributed by atoms with E-state index >= 15 is 0 Å². The maximum absolute atomic E-state index is 12.7. The van der Waals surface area contributed by atoms with E-state index in [0.717, 1.165) is 16.7 Å². The molecule has 0 spiro atoms. The Labute approximate surface area is 185 Å². The van der Waals surface area contributed by atoms with Crippen LogP contribution in [-0.4, -0.2) is 25.0 Å². The fraction of sp³-hybridized carbons (Fsp3) is 0.167. The average molecular weight is 437 g/mol. The number of hydrogen-bond donors (Lipinski definition) is 2. The molecule has 2 N–H and O–H groups in total. The molecular formula is C24H21ClN2O4. The number of aryl methyl sites for hydroxylation is 1. The Balaban J connectivity index is 1.53. The van der Waals surface area contributed by atoms with Crippen molar-refractivity contribution in [3.63, 3.8) is 0 Å². The average Bonchev–Trinajstić information content (AvgIpc) is 2.79. The minimum atomic E-state index is -0.827. The molecule has 3 aromatic carbocycles. The van der Waals surface area contributed by atoms with Gasteiger partial charge in [-0.3, -0.25) is 9.59 Å². The molecule has 158 valence electrons. The fourth-order valence-corrected chi connectivity index (χ4v) is 3.50. The van der Waals surface area contributed by atoms with Gasteiger partial charge in [-0.25, -0.2) is 0 Å². The SMILES string of the molecule is Cc1ccc(C(NC(=O)C(=O)Nc2cc3c(cc2Cl)OCCO3)c2ccccc2)cc1. The van der Waals surface area contributed by atoms with Gasteiger partial charge in [-0.2, -0.15) is 0 Å². The largest absolute Gasteiger partial charge is 0.486 e. The number of rotatable bonds is 4. The molecule has 1 atom stereocenters. The molecule has 3 aromatic rings. The number of ether oxygens (including phenoxy) is 2. The predicted molar refractivity (Wildman–Crippen MR) is 119 cm³/mol. The molecule has 0 bridgehead atoms. The highest BCUT2D eigenvalue weighted by Gasteiger charge is 2.23. The highest BCUT2D eigenvalue weighted by atomic mass is 35.5. The minimum absolute atomic E-state index is 0.253. The summed E-state index contributed by atoms with van der Waals surface area (Å²) in [5.41, 5.74) is 3.12. The second kappa shape index (κ2) is 9.10. The maximum atomic E-state index is 12.7. The number of benzene rings is 3. The second-order valence-electron chi connectivity index (χ2n) is 7.16. The zero-order valence-corrected chi connectivity index (χ0v) is 17.6. The molecule has 0 fully saturated rings. The number of amides is 2. The number of anilines is 1. The third kappa shape index (κ3) is 4.81. The van der Waals surface area contributed by atoms with Crippen molar-refractivity contribution in [3.05, 3.63) is 88.4 Å². The Morgan fingerprint density at radius 2 is 1.48 bits per heavy atom. The smallest absolute Gasteiger partial charge is 0.313 e. The van der Waals surface area contributed by atoms with E-state index in [-0.39, 0.29) is 10.7 Å². The lowest BCUT2D eigenvalue weighted by Crippen LogP contribution is -2.38. The van der Waals surface area contributed by atoms with E-state index in [2.05, 4.69) is 10.6 Å². The summed E-state index contributed by atoms with van der Waals surface area (Å²) in [6.45, 7) is 2.82. The van der Waals surface area contributed by atoms with Gasteiger partial charge in [0.2, 0.25) is 0 Å². The van der Waals surface area contributed by atoms with Crippen LogP contribution in [0.3, 0.4) is 0 Å². The Bertz CT molecular complexity index is 1100. The lowest BCUT2D eigenvalue weighted by Gasteiger charge is -2.21. The first-order valence-electron chi connectivity index (χ1n) is 9.84. The van der Waals surface area contributed by atoms with Crippen LogP contribution in [0, 0.1) is 6.92 Å². The van der Waals surface area contributed by atoms with E-state index in [0.29, 0.717) is 24.7 Å². The Hall–Kier alpha value is -3.51. The summed E-state index contributed by atoms with van der Waals surface area (Å²) in [6.07, 6.45) is 0. The van der Waals surface area contributed by atoms with Gasteiger partial charge in [-0.05, 0) is 18.1 Å². The van der Waals surface area contributed by atoms with Crippen LogP contribution in [-0.2, 0) is 9.59 Å². The van der Waals surface area contributed by atoms with Gasteiger partial charge < -0.3 is 20.1 Å². The number of hydrogen-bond acceptors (Lipinski definition) is 4. The first kappa shape index (κ1) is 20.8. The van der Waals surface area contributed by atoms with Crippen molar-refractivity contribution in [3.8, 4) is 11.5 Å². The van der Waals surface area contributed by atoms with E-state index in [1.165, 1.54) is 0 Å². The van der Waals surface area contributed by atoms with Crippen LogP contribution in [0.15, 0.2) is 66.7 Å². The van der Waals surface area contributed by atoms with Gasteiger partial charge in [0.15, 0.2) is 11.5 Å². The summed E-state index contributed by atoms with van der Waals surface area (Å²) < 4.78 is 11.0. The van der Waals surface area contributed by atoms with E-state index < -0.39 is 17.9 Å². The zero-order valence-electron chi connectivity index (χ0n) is 16.9. The van der Waals surface area contributed by atoms with Crippen LogP contribution >= 0.6 is 11.6 Å². The van der Waals surface area contributed by atoms with Gasteiger partial charge >= 0.3 is 11.8 Å². The molecule has 0 radical (unpaired) electrons. The molecule has 31 heavy (non-hydrogen) atoms. The summed E-state index contributed by atoms with van der Waals surface area (Å²) in [4.78, 5) is 25.4. The quantitative estimate of drug-likeness (QED) is 0.599. The van der Waals surface area contributed by atoms with Crippen molar-refractivity contribution < 1.29 is 19.1 Å². The summed E-state index contributed by atoms with van der Waals surface area (Å²) in [5, 5.41) is 5.63. The third-order valence-corrected chi connectivity index (χ3v) is 5.22. The van der Waals surface area contributed by atoms with Crippen LogP contribution in [0.1, 0.15) is 22.7 Å². The van der Waals surface area contributed by atoms with E-state index in [1.807, 2.05) is 61.5 Å². The van der Waals surface area contributed by atoms with Crippen molar-refractivity contribution in [2.45, 2.75) is 13.0 Å². The second-order valence-corrected chi connectivity index (χ2v) is 7.56. The molecule has 1 unspecified atom stereocenters. The van der Waals surface area contributed by atoms with Crippen LogP contribution in [0.2, 0.25) is 5.02 Å². The van der Waals surface area contributed by atoms with Crippen molar-refractivity contribution in [1.82, 2.24) is 5.32 Å². The van der Waals surface area contributed by atoms with Gasteiger partial charge in [0.05, 0.1) is 16.8 Å². The van der Waals surface area contributed by atoms with Crippen LogP contribution in [0.4, 0.5) is 5.69 Å². The van der Waals surface area contributed by atoms with Gasteiger partial charge in [0.1, 0.15) is 13.2 Å². The number of carbonyl (C=O) groups is 2. The first-order chi connectivity index (χ1) is 15.0. The normalized spacial score (nSPS) is 13.2.